The van der Waals surface area contributed by atoms with Crippen LogP contribution in [-0.2, 0) is 13.1 Å². The lowest BCUT2D eigenvalue weighted by molar-refractivity contribution is 0.231. The molecular weight excluding hydrogens is 352 g/mol. The van der Waals surface area contributed by atoms with Gasteiger partial charge in [-0.25, -0.2) is 9.59 Å². The molecule has 2 saturated carbocycles. The molecule has 0 bridgehead atoms. The fraction of sp³-hybridized carbons (Fsp3) is 0.636. The maximum atomic E-state index is 12.1. The molecular formula is C22H34N4O2. The first kappa shape index (κ1) is 20.5. The number of amides is 4. The van der Waals surface area contributed by atoms with Crippen molar-refractivity contribution < 1.29 is 9.59 Å². The summed E-state index contributed by atoms with van der Waals surface area (Å²) in [6, 6.07) is 8.41. The van der Waals surface area contributed by atoms with Crippen LogP contribution in [0.5, 0.6) is 0 Å². The molecule has 0 spiro atoms. The van der Waals surface area contributed by atoms with E-state index >= 15 is 0 Å². The lowest BCUT2D eigenvalue weighted by Gasteiger charge is -2.23. The molecule has 1 aromatic carbocycles. The van der Waals surface area contributed by atoms with Crippen LogP contribution in [0.15, 0.2) is 24.3 Å². The number of hydrogen-bond donors (Lipinski definition) is 4. The second-order valence-corrected chi connectivity index (χ2v) is 8.14. The van der Waals surface area contributed by atoms with Gasteiger partial charge in [-0.2, -0.15) is 0 Å². The third-order valence-electron chi connectivity index (χ3n) is 5.78. The summed E-state index contributed by atoms with van der Waals surface area (Å²) in [7, 11) is 0. The van der Waals surface area contributed by atoms with E-state index in [-0.39, 0.29) is 12.1 Å². The third-order valence-corrected chi connectivity index (χ3v) is 5.78. The van der Waals surface area contributed by atoms with Crippen LogP contribution in [0.3, 0.4) is 0 Å². The van der Waals surface area contributed by atoms with Crippen molar-refractivity contribution in [2.75, 3.05) is 0 Å². The molecule has 6 heteroatoms. The molecule has 0 unspecified atom stereocenters. The fourth-order valence-corrected chi connectivity index (χ4v) is 4.18. The van der Waals surface area contributed by atoms with Gasteiger partial charge in [-0.1, -0.05) is 62.8 Å². The van der Waals surface area contributed by atoms with E-state index < -0.39 is 0 Å². The highest BCUT2D eigenvalue weighted by molar-refractivity contribution is 5.74. The number of hydrogen-bond acceptors (Lipinski definition) is 2. The molecule has 2 aliphatic carbocycles. The monoisotopic (exact) mass is 386 g/mol. The van der Waals surface area contributed by atoms with Gasteiger partial charge in [0, 0.05) is 25.2 Å². The molecule has 0 atom stereocenters. The zero-order valence-electron chi connectivity index (χ0n) is 16.8. The highest BCUT2D eigenvalue weighted by Crippen LogP contribution is 2.18. The van der Waals surface area contributed by atoms with E-state index in [9.17, 15) is 9.59 Å². The van der Waals surface area contributed by atoms with Gasteiger partial charge in [-0.05, 0) is 36.8 Å². The Kier molecular flexibility index (Phi) is 8.00. The van der Waals surface area contributed by atoms with Gasteiger partial charge in [0.25, 0.3) is 0 Å². The van der Waals surface area contributed by atoms with Crippen molar-refractivity contribution in [1.82, 2.24) is 21.3 Å². The highest BCUT2D eigenvalue weighted by atomic mass is 16.2. The predicted octanol–water partition coefficient (Wildman–Crippen LogP) is 3.95. The van der Waals surface area contributed by atoms with Crippen LogP contribution in [0.25, 0.3) is 0 Å². The molecule has 1 aromatic rings. The van der Waals surface area contributed by atoms with Crippen molar-refractivity contribution in [3.05, 3.63) is 35.4 Å². The van der Waals surface area contributed by atoms with Gasteiger partial charge in [-0.3, -0.25) is 0 Å². The molecule has 4 amide bonds. The highest BCUT2D eigenvalue weighted by Gasteiger charge is 2.16. The van der Waals surface area contributed by atoms with E-state index in [1.54, 1.807) is 0 Å². The van der Waals surface area contributed by atoms with Crippen molar-refractivity contribution in [3.63, 3.8) is 0 Å². The summed E-state index contributed by atoms with van der Waals surface area (Å²) in [5.74, 6) is 0. The van der Waals surface area contributed by atoms with Gasteiger partial charge in [-0.15, -0.1) is 0 Å². The molecule has 6 nitrogen and oxygen atoms in total. The second-order valence-electron chi connectivity index (χ2n) is 8.14. The largest absolute Gasteiger partial charge is 0.335 e. The lowest BCUT2D eigenvalue weighted by atomic mass is 9.96. The number of benzene rings is 1. The maximum Gasteiger partial charge on any atom is 0.315 e. The average molecular weight is 387 g/mol. The van der Waals surface area contributed by atoms with Crippen LogP contribution in [0, 0.1) is 0 Å². The summed E-state index contributed by atoms with van der Waals surface area (Å²) in [6.45, 7) is 0.974. The topological polar surface area (TPSA) is 82.3 Å². The van der Waals surface area contributed by atoms with Crippen LogP contribution in [0.4, 0.5) is 9.59 Å². The minimum absolute atomic E-state index is 0.0951. The van der Waals surface area contributed by atoms with Crippen molar-refractivity contribution in [3.8, 4) is 0 Å². The number of carbonyl (C=O) groups is 2. The molecule has 4 N–H and O–H groups in total. The van der Waals surface area contributed by atoms with Crippen molar-refractivity contribution >= 4 is 12.1 Å². The van der Waals surface area contributed by atoms with Gasteiger partial charge < -0.3 is 21.3 Å². The minimum Gasteiger partial charge on any atom is -0.335 e. The molecule has 154 valence electrons. The molecule has 0 heterocycles. The Balaban J connectivity index is 1.38. The maximum absolute atomic E-state index is 12.1. The lowest BCUT2D eigenvalue weighted by Crippen LogP contribution is -2.42. The Morgan fingerprint density at radius 3 is 1.57 bits per heavy atom. The standard InChI is InChI=1S/C22H34N4O2/c27-21(25-19-10-3-1-4-11-19)23-15-17-8-7-9-18(14-17)16-24-22(28)26-20-12-5-2-6-13-20/h7-9,14,19-20H,1-6,10-13,15-16H2,(H2,23,25,27)(H2,24,26,28). The quantitative estimate of drug-likeness (QED) is 0.597. The van der Waals surface area contributed by atoms with Crippen LogP contribution in [-0.4, -0.2) is 24.1 Å². The Bertz CT molecular complexity index is 586. The molecule has 2 aliphatic rings. The van der Waals surface area contributed by atoms with E-state index in [2.05, 4.69) is 21.3 Å². The SMILES string of the molecule is O=C(NCc1cccc(CNC(=O)NC2CCCCC2)c1)NC1CCCCC1. The minimum atomic E-state index is -0.0951. The smallest absolute Gasteiger partial charge is 0.315 e. The van der Waals surface area contributed by atoms with Gasteiger partial charge in [0.15, 0.2) is 0 Å². The van der Waals surface area contributed by atoms with E-state index in [0.29, 0.717) is 25.2 Å². The summed E-state index contributed by atoms with van der Waals surface area (Å²) in [5, 5.41) is 12.0. The first-order chi connectivity index (χ1) is 13.7. The first-order valence-electron chi connectivity index (χ1n) is 10.9. The third kappa shape index (κ3) is 7.06. The van der Waals surface area contributed by atoms with E-state index in [0.717, 1.165) is 36.8 Å². The number of rotatable bonds is 6. The normalized spacial score (nSPS) is 18.3. The second kappa shape index (κ2) is 10.9. The summed E-state index contributed by atoms with van der Waals surface area (Å²) >= 11 is 0. The van der Waals surface area contributed by atoms with E-state index in [4.69, 9.17) is 0 Å². The zero-order valence-corrected chi connectivity index (χ0v) is 16.8. The van der Waals surface area contributed by atoms with Crippen LogP contribution < -0.4 is 21.3 Å². The number of nitrogens with one attached hydrogen (secondary N) is 4. The van der Waals surface area contributed by atoms with E-state index in [1.807, 2.05) is 24.3 Å². The Labute approximate surface area is 168 Å². The van der Waals surface area contributed by atoms with Crippen molar-refractivity contribution in [2.45, 2.75) is 89.4 Å². The fourth-order valence-electron chi connectivity index (χ4n) is 4.18. The summed E-state index contributed by atoms with van der Waals surface area (Å²) in [5.41, 5.74) is 2.07. The summed E-state index contributed by atoms with van der Waals surface area (Å²) in [6.07, 6.45) is 11.7. The molecule has 28 heavy (non-hydrogen) atoms. The molecule has 0 aromatic heterocycles. The van der Waals surface area contributed by atoms with Gasteiger partial charge in [0.2, 0.25) is 0 Å². The van der Waals surface area contributed by atoms with Crippen molar-refractivity contribution in [1.29, 1.82) is 0 Å². The van der Waals surface area contributed by atoms with Gasteiger partial charge >= 0.3 is 12.1 Å². The molecule has 0 aliphatic heterocycles. The predicted molar refractivity (Wildman–Crippen MR) is 111 cm³/mol. The van der Waals surface area contributed by atoms with Crippen LogP contribution in [0.2, 0.25) is 0 Å². The molecule has 2 fully saturated rings. The summed E-state index contributed by atoms with van der Waals surface area (Å²) in [4.78, 5) is 24.2. The molecule has 0 radical (unpaired) electrons. The molecule has 0 saturated heterocycles. The molecule has 3 rings (SSSR count). The average Bonchev–Trinajstić information content (AvgIpc) is 2.73. The van der Waals surface area contributed by atoms with Gasteiger partial charge in [0.1, 0.15) is 0 Å². The summed E-state index contributed by atoms with van der Waals surface area (Å²) < 4.78 is 0. The Morgan fingerprint density at radius 2 is 1.14 bits per heavy atom. The number of carbonyl (C=O) groups excluding carboxylic acids is 2. The van der Waals surface area contributed by atoms with Gasteiger partial charge in [0.05, 0.1) is 0 Å². The Hall–Kier alpha value is -2.24. The number of urea groups is 2. The van der Waals surface area contributed by atoms with E-state index in [1.165, 1.54) is 38.5 Å². The zero-order chi connectivity index (χ0) is 19.6. The van der Waals surface area contributed by atoms with Crippen molar-refractivity contribution in [2.24, 2.45) is 0 Å². The van der Waals surface area contributed by atoms with Crippen LogP contribution >= 0.6 is 0 Å². The Morgan fingerprint density at radius 1 is 0.714 bits per heavy atom. The van der Waals surface area contributed by atoms with Crippen LogP contribution in [0.1, 0.15) is 75.3 Å². The first-order valence-corrected chi connectivity index (χ1v) is 10.9.